The lowest BCUT2D eigenvalue weighted by atomic mass is 10.0. The first-order valence-corrected chi connectivity index (χ1v) is 13.7. The minimum Gasteiger partial charge on any atom is -0.497 e. The van der Waals surface area contributed by atoms with Crippen LogP contribution in [0.5, 0.6) is 5.75 Å². The zero-order valence-corrected chi connectivity index (χ0v) is 23.0. The minimum atomic E-state index is -0.167. The molecule has 3 aromatic rings. The normalized spacial score (nSPS) is 17.6. The van der Waals surface area contributed by atoms with Crippen LogP contribution in [0.1, 0.15) is 28.7 Å². The first-order valence-electron chi connectivity index (χ1n) is 13.7. The van der Waals surface area contributed by atoms with Crippen molar-refractivity contribution >= 4 is 5.91 Å². The van der Waals surface area contributed by atoms with Crippen molar-refractivity contribution in [3.8, 4) is 5.75 Å². The molecule has 4 rings (SSSR count). The Hall–Kier alpha value is -3.19. The summed E-state index contributed by atoms with van der Waals surface area (Å²) in [4.78, 5) is 18.3. The molecule has 1 saturated heterocycles. The molecule has 2 N–H and O–H groups in total. The van der Waals surface area contributed by atoms with Crippen molar-refractivity contribution in [2.75, 3.05) is 40.3 Å². The number of carbonyl (C=O) groups excluding carboxylic acids is 1. The smallest absolute Gasteiger partial charge is 0.237 e. The van der Waals surface area contributed by atoms with Gasteiger partial charge in [-0.15, -0.1) is 0 Å². The second-order valence-electron chi connectivity index (χ2n) is 10.2. The summed E-state index contributed by atoms with van der Waals surface area (Å²) in [5, 5.41) is 6.27. The van der Waals surface area contributed by atoms with Crippen molar-refractivity contribution in [1.82, 2.24) is 20.4 Å². The van der Waals surface area contributed by atoms with Crippen molar-refractivity contribution in [2.45, 2.75) is 44.9 Å². The third kappa shape index (κ3) is 7.67. The quantitative estimate of drug-likeness (QED) is 0.338. The van der Waals surface area contributed by atoms with E-state index in [-0.39, 0.29) is 18.0 Å². The fourth-order valence-corrected chi connectivity index (χ4v) is 5.34. The molecule has 38 heavy (non-hydrogen) atoms. The number of nitrogens with zero attached hydrogens (tertiary/aromatic N) is 2. The summed E-state index contributed by atoms with van der Waals surface area (Å²) >= 11 is 0. The summed E-state index contributed by atoms with van der Waals surface area (Å²) in [5.41, 5.74) is 5.16. The predicted molar refractivity (Wildman–Crippen MR) is 154 cm³/mol. The van der Waals surface area contributed by atoms with Gasteiger partial charge in [0.1, 0.15) is 5.75 Å². The molecule has 1 aliphatic rings. The van der Waals surface area contributed by atoms with Crippen molar-refractivity contribution < 1.29 is 9.53 Å². The number of carbonyl (C=O) groups is 1. The Morgan fingerprint density at radius 3 is 2.53 bits per heavy atom. The highest BCUT2D eigenvalue weighted by atomic mass is 16.5. The Balaban J connectivity index is 1.55. The average molecular weight is 515 g/mol. The van der Waals surface area contributed by atoms with Gasteiger partial charge >= 0.3 is 0 Å². The molecule has 202 valence electrons. The summed E-state index contributed by atoms with van der Waals surface area (Å²) in [5.74, 6) is 0.960. The number of likely N-dealkylation sites (N-methyl/N-ethyl adjacent to an activating group) is 1. The van der Waals surface area contributed by atoms with Gasteiger partial charge in [-0.1, -0.05) is 66.7 Å². The Bertz CT molecular complexity index is 1150. The topological polar surface area (TPSA) is 56.8 Å². The molecule has 0 aromatic heterocycles. The molecule has 0 radical (unpaired) electrons. The van der Waals surface area contributed by atoms with Gasteiger partial charge in [0.25, 0.3) is 0 Å². The van der Waals surface area contributed by atoms with Crippen LogP contribution in [0.15, 0.2) is 78.9 Å². The zero-order chi connectivity index (χ0) is 26.7. The van der Waals surface area contributed by atoms with Crippen LogP contribution in [0.3, 0.4) is 0 Å². The number of nitrogens with one attached hydrogen (secondary N) is 2. The van der Waals surface area contributed by atoms with Crippen LogP contribution < -0.4 is 15.4 Å². The van der Waals surface area contributed by atoms with Gasteiger partial charge in [0.2, 0.25) is 5.91 Å². The van der Waals surface area contributed by atoms with Gasteiger partial charge in [-0.05, 0) is 61.2 Å². The number of rotatable bonds is 13. The average Bonchev–Trinajstić information content (AvgIpc) is 3.36. The van der Waals surface area contributed by atoms with Crippen LogP contribution in [0.25, 0.3) is 0 Å². The molecule has 1 fully saturated rings. The van der Waals surface area contributed by atoms with Crippen molar-refractivity contribution in [2.24, 2.45) is 0 Å². The van der Waals surface area contributed by atoms with E-state index in [1.165, 1.54) is 16.7 Å². The number of hydrogen-bond acceptors (Lipinski definition) is 5. The lowest BCUT2D eigenvalue weighted by molar-refractivity contribution is -0.125. The van der Waals surface area contributed by atoms with E-state index in [4.69, 9.17) is 4.74 Å². The van der Waals surface area contributed by atoms with E-state index in [2.05, 4.69) is 94.1 Å². The molecule has 6 nitrogen and oxygen atoms in total. The number of amides is 1. The van der Waals surface area contributed by atoms with Gasteiger partial charge < -0.3 is 15.4 Å². The largest absolute Gasteiger partial charge is 0.497 e. The van der Waals surface area contributed by atoms with Crippen LogP contribution in [-0.2, 0) is 24.3 Å². The second-order valence-corrected chi connectivity index (χ2v) is 10.2. The second kappa shape index (κ2) is 14.1. The van der Waals surface area contributed by atoms with E-state index in [0.717, 1.165) is 50.3 Å². The molecular weight excluding hydrogens is 472 g/mol. The van der Waals surface area contributed by atoms with Gasteiger partial charge in [-0.25, -0.2) is 0 Å². The number of benzene rings is 3. The Labute approximate surface area is 228 Å². The van der Waals surface area contributed by atoms with Gasteiger partial charge in [0.05, 0.1) is 13.2 Å². The summed E-state index contributed by atoms with van der Waals surface area (Å²) in [6.07, 6.45) is 1.80. The number of aryl methyl sites for hydroxylation is 1. The van der Waals surface area contributed by atoms with Gasteiger partial charge in [0.15, 0.2) is 0 Å². The monoisotopic (exact) mass is 514 g/mol. The van der Waals surface area contributed by atoms with Gasteiger partial charge in [-0.2, -0.15) is 0 Å². The number of hydrogen-bond donors (Lipinski definition) is 2. The Morgan fingerprint density at radius 1 is 1.00 bits per heavy atom. The highest BCUT2D eigenvalue weighted by Gasteiger charge is 2.39. The van der Waals surface area contributed by atoms with Gasteiger partial charge in [0, 0.05) is 45.3 Å². The number of ether oxygens (including phenoxy) is 1. The van der Waals surface area contributed by atoms with Crippen LogP contribution in [-0.4, -0.2) is 68.1 Å². The molecule has 1 amide bonds. The standard InChI is InChI=1S/C32H42N4O2/c1-25-10-7-8-14-28(25)23-35(19-16-26-11-5-4-6-12-26)29-21-31(32(37)34-18-17-33-2)36(24-29)22-27-13-9-15-30(20-27)38-3/h4-15,20,29,31,33H,16-19,21-24H2,1-3H3,(H,34,37). The van der Waals surface area contributed by atoms with Crippen LogP contribution in [0.2, 0.25) is 0 Å². The third-order valence-electron chi connectivity index (χ3n) is 7.56. The molecule has 0 bridgehead atoms. The van der Waals surface area contributed by atoms with Crippen LogP contribution >= 0.6 is 0 Å². The first kappa shape index (κ1) is 27.8. The zero-order valence-electron chi connectivity index (χ0n) is 23.0. The van der Waals surface area contributed by atoms with Crippen molar-refractivity contribution in [1.29, 1.82) is 0 Å². The molecule has 2 atom stereocenters. The predicted octanol–water partition coefficient (Wildman–Crippen LogP) is 4.03. The van der Waals surface area contributed by atoms with Crippen LogP contribution in [0.4, 0.5) is 0 Å². The lowest BCUT2D eigenvalue weighted by Gasteiger charge is -2.30. The van der Waals surface area contributed by atoms with E-state index in [1.807, 2.05) is 19.2 Å². The summed E-state index contributed by atoms with van der Waals surface area (Å²) < 4.78 is 5.46. The Kier molecular flexibility index (Phi) is 10.3. The fourth-order valence-electron chi connectivity index (χ4n) is 5.34. The molecule has 0 saturated carbocycles. The first-order chi connectivity index (χ1) is 18.6. The maximum atomic E-state index is 13.4. The van der Waals surface area contributed by atoms with Crippen molar-refractivity contribution in [3.63, 3.8) is 0 Å². The highest BCUT2D eigenvalue weighted by molar-refractivity contribution is 5.82. The lowest BCUT2D eigenvalue weighted by Crippen LogP contribution is -2.44. The van der Waals surface area contributed by atoms with E-state index in [9.17, 15) is 4.79 Å². The number of methoxy groups -OCH3 is 1. The highest BCUT2D eigenvalue weighted by Crippen LogP contribution is 2.27. The maximum absolute atomic E-state index is 13.4. The summed E-state index contributed by atoms with van der Waals surface area (Å²) in [6.45, 7) is 6.97. The maximum Gasteiger partial charge on any atom is 0.237 e. The molecule has 2 unspecified atom stereocenters. The third-order valence-corrected chi connectivity index (χ3v) is 7.56. The fraction of sp³-hybridized carbons (Fsp3) is 0.406. The number of likely N-dealkylation sites (tertiary alicyclic amines) is 1. The molecular formula is C32H42N4O2. The van der Waals surface area contributed by atoms with E-state index >= 15 is 0 Å². The molecule has 0 aliphatic carbocycles. The van der Waals surface area contributed by atoms with E-state index in [0.29, 0.717) is 13.1 Å². The van der Waals surface area contributed by atoms with E-state index in [1.54, 1.807) is 7.11 Å². The molecule has 1 aliphatic heterocycles. The Morgan fingerprint density at radius 2 is 1.76 bits per heavy atom. The molecule has 3 aromatic carbocycles. The van der Waals surface area contributed by atoms with E-state index < -0.39 is 0 Å². The molecule has 1 heterocycles. The SMILES string of the molecule is CNCCNC(=O)C1CC(N(CCc2ccccc2)Cc2ccccc2C)CN1Cc1cccc(OC)c1. The summed E-state index contributed by atoms with van der Waals surface area (Å²) in [6, 6.07) is 27.6. The van der Waals surface area contributed by atoms with Gasteiger partial charge in [-0.3, -0.25) is 14.6 Å². The minimum absolute atomic E-state index is 0.115. The van der Waals surface area contributed by atoms with Crippen molar-refractivity contribution in [3.05, 3.63) is 101 Å². The molecule has 6 heteroatoms. The molecule has 0 spiro atoms. The summed E-state index contributed by atoms with van der Waals surface area (Å²) in [7, 11) is 3.60. The van der Waals surface area contributed by atoms with Crippen LogP contribution in [0, 0.1) is 6.92 Å².